The highest BCUT2D eigenvalue weighted by Gasteiger charge is 2.13. The van der Waals surface area contributed by atoms with Crippen LogP contribution in [-0.4, -0.2) is 17.2 Å². The van der Waals surface area contributed by atoms with Gasteiger partial charge in [-0.25, -0.2) is 0 Å². The maximum absolute atomic E-state index is 9.25. The van der Waals surface area contributed by atoms with Crippen LogP contribution in [0, 0.1) is 0 Å². The average Bonchev–Trinajstić information content (AvgIpc) is 2.88. The molecular weight excluding hydrogens is 271 g/mol. The Morgan fingerprint density at radius 1 is 1.05 bits per heavy atom. The molecule has 1 aromatic heterocycles. The van der Waals surface area contributed by atoms with Gasteiger partial charge in [-0.15, -0.1) is 11.3 Å². The summed E-state index contributed by atoms with van der Waals surface area (Å²) >= 11 is 1.63. The molecule has 0 radical (unpaired) electrons. The molecule has 100 valence electrons. The van der Waals surface area contributed by atoms with Gasteiger partial charge >= 0.3 is 7.12 Å². The number of thiophene rings is 1. The van der Waals surface area contributed by atoms with Crippen LogP contribution >= 0.6 is 11.3 Å². The summed E-state index contributed by atoms with van der Waals surface area (Å²) < 4.78 is 6.85. The van der Waals surface area contributed by atoms with Crippen LogP contribution in [0.3, 0.4) is 0 Å². The first-order valence-corrected chi connectivity index (χ1v) is 7.16. The molecule has 0 amide bonds. The van der Waals surface area contributed by atoms with E-state index in [2.05, 4.69) is 0 Å². The van der Waals surface area contributed by atoms with E-state index in [0.717, 1.165) is 21.4 Å². The molecule has 3 aromatic rings. The van der Waals surface area contributed by atoms with E-state index in [-0.39, 0.29) is 0 Å². The van der Waals surface area contributed by atoms with Crippen molar-refractivity contribution in [3.05, 3.63) is 59.5 Å². The summed E-state index contributed by atoms with van der Waals surface area (Å²) in [7, 11) is -1.44. The number of hydrogen-bond acceptors (Lipinski definition) is 4. The molecule has 0 fully saturated rings. The van der Waals surface area contributed by atoms with Gasteiger partial charge in [0.25, 0.3) is 0 Å². The minimum atomic E-state index is -1.44. The number of benzene rings is 2. The fourth-order valence-electron chi connectivity index (χ4n) is 2.05. The fourth-order valence-corrected chi connectivity index (χ4v) is 2.98. The predicted molar refractivity (Wildman–Crippen MR) is 82.4 cm³/mol. The lowest BCUT2D eigenvalue weighted by Gasteiger charge is -2.06. The zero-order valence-electron chi connectivity index (χ0n) is 10.7. The molecule has 3 rings (SSSR count). The molecule has 0 aliphatic rings. The van der Waals surface area contributed by atoms with Crippen molar-refractivity contribution in [3.8, 4) is 5.75 Å². The highest BCUT2D eigenvalue weighted by atomic mass is 32.1. The molecule has 20 heavy (non-hydrogen) atoms. The molecule has 0 aliphatic carbocycles. The molecule has 0 spiro atoms. The van der Waals surface area contributed by atoms with E-state index >= 15 is 0 Å². The molecule has 0 atom stereocenters. The van der Waals surface area contributed by atoms with Crippen LogP contribution in [0.2, 0.25) is 0 Å². The molecule has 1 heterocycles. The molecule has 5 heteroatoms. The van der Waals surface area contributed by atoms with Gasteiger partial charge in [-0.1, -0.05) is 30.3 Å². The third-order valence-electron chi connectivity index (χ3n) is 3.11. The molecule has 0 aliphatic heterocycles. The SMILES string of the molecule is OB(O)c1ccc2scc(COc3ccccc3)c2c1. The molecule has 3 nitrogen and oxygen atoms in total. The van der Waals surface area contributed by atoms with Gasteiger partial charge in [-0.3, -0.25) is 0 Å². The maximum atomic E-state index is 9.25. The van der Waals surface area contributed by atoms with Gasteiger partial charge in [0.15, 0.2) is 0 Å². The van der Waals surface area contributed by atoms with Crippen molar-refractivity contribution in [3.63, 3.8) is 0 Å². The summed E-state index contributed by atoms with van der Waals surface area (Å²) in [4.78, 5) is 0. The van der Waals surface area contributed by atoms with Gasteiger partial charge in [0, 0.05) is 10.3 Å². The van der Waals surface area contributed by atoms with Crippen LogP contribution < -0.4 is 10.2 Å². The van der Waals surface area contributed by atoms with Gasteiger partial charge in [0.05, 0.1) is 0 Å². The molecule has 0 saturated carbocycles. The van der Waals surface area contributed by atoms with Crippen molar-refractivity contribution < 1.29 is 14.8 Å². The second-order valence-corrected chi connectivity index (χ2v) is 5.40. The first-order chi connectivity index (χ1) is 9.74. The van der Waals surface area contributed by atoms with Crippen LogP contribution in [0.15, 0.2) is 53.9 Å². The Bertz CT molecular complexity index is 709. The van der Waals surface area contributed by atoms with Gasteiger partial charge in [-0.05, 0) is 34.4 Å². The Balaban J connectivity index is 1.86. The Morgan fingerprint density at radius 2 is 1.85 bits per heavy atom. The second kappa shape index (κ2) is 5.67. The number of para-hydroxylation sites is 1. The first-order valence-electron chi connectivity index (χ1n) is 6.28. The largest absolute Gasteiger partial charge is 0.489 e. The third kappa shape index (κ3) is 2.70. The van der Waals surface area contributed by atoms with Gasteiger partial charge < -0.3 is 14.8 Å². The molecule has 0 unspecified atom stereocenters. The summed E-state index contributed by atoms with van der Waals surface area (Å²) in [6.07, 6.45) is 0. The molecule has 0 bridgehead atoms. The van der Waals surface area contributed by atoms with E-state index in [1.807, 2.05) is 41.8 Å². The van der Waals surface area contributed by atoms with E-state index in [4.69, 9.17) is 4.74 Å². The monoisotopic (exact) mass is 284 g/mol. The Labute approximate surface area is 121 Å². The minimum Gasteiger partial charge on any atom is -0.489 e. The van der Waals surface area contributed by atoms with Crippen molar-refractivity contribution >= 4 is 34.0 Å². The van der Waals surface area contributed by atoms with E-state index in [1.165, 1.54) is 0 Å². The van der Waals surface area contributed by atoms with Crippen LogP contribution in [0.1, 0.15) is 5.56 Å². The Hall–Kier alpha value is -1.82. The lowest BCUT2D eigenvalue weighted by Crippen LogP contribution is -2.29. The van der Waals surface area contributed by atoms with Gasteiger partial charge in [-0.2, -0.15) is 0 Å². The van der Waals surface area contributed by atoms with Gasteiger partial charge in [0.1, 0.15) is 12.4 Å². The predicted octanol–water partition coefficient (Wildman–Crippen LogP) is 2.16. The number of hydrogen-bond donors (Lipinski definition) is 2. The number of fused-ring (bicyclic) bond motifs is 1. The fraction of sp³-hybridized carbons (Fsp3) is 0.0667. The smallest absolute Gasteiger partial charge is 0.488 e. The quantitative estimate of drug-likeness (QED) is 0.722. The van der Waals surface area contributed by atoms with Crippen LogP contribution in [-0.2, 0) is 6.61 Å². The van der Waals surface area contributed by atoms with Crippen molar-refractivity contribution in [2.45, 2.75) is 6.61 Å². The number of rotatable bonds is 4. The summed E-state index contributed by atoms with van der Waals surface area (Å²) in [5.74, 6) is 0.824. The zero-order chi connectivity index (χ0) is 13.9. The van der Waals surface area contributed by atoms with Crippen LogP contribution in [0.4, 0.5) is 0 Å². The molecular formula is C15H13BO3S. The molecule has 2 N–H and O–H groups in total. The Morgan fingerprint density at radius 3 is 2.60 bits per heavy atom. The van der Waals surface area contributed by atoms with E-state index in [1.54, 1.807) is 23.5 Å². The van der Waals surface area contributed by atoms with Crippen molar-refractivity contribution in [2.24, 2.45) is 0 Å². The van der Waals surface area contributed by atoms with Crippen LogP contribution in [0.25, 0.3) is 10.1 Å². The highest BCUT2D eigenvalue weighted by molar-refractivity contribution is 7.17. The maximum Gasteiger partial charge on any atom is 0.488 e. The summed E-state index contributed by atoms with van der Waals surface area (Å²) in [6.45, 7) is 0.467. The van der Waals surface area contributed by atoms with E-state index in [0.29, 0.717) is 12.1 Å². The topological polar surface area (TPSA) is 49.7 Å². The minimum absolute atomic E-state index is 0.467. The van der Waals surface area contributed by atoms with Crippen molar-refractivity contribution in [1.82, 2.24) is 0 Å². The normalized spacial score (nSPS) is 10.7. The van der Waals surface area contributed by atoms with Gasteiger partial charge in [0.2, 0.25) is 0 Å². The van der Waals surface area contributed by atoms with Crippen molar-refractivity contribution in [2.75, 3.05) is 0 Å². The summed E-state index contributed by atoms with van der Waals surface area (Å²) in [6, 6.07) is 15.1. The number of ether oxygens (including phenoxy) is 1. The van der Waals surface area contributed by atoms with E-state index < -0.39 is 7.12 Å². The Kier molecular flexibility index (Phi) is 3.73. The lowest BCUT2D eigenvalue weighted by molar-refractivity contribution is 0.308. The van der Waals surface area contributed by atoms with Crippen LogP contribution in [0.5, 0.6) is 5.75 Å². The first kappa shape index (κ1) is 13.2. The summed E-state index contributed by atoms with van der Waals surface area (Å²) in [5, 5.41) is 21.5. The summed E-state index contributed by atoms with van der Waals surface area (Å²) in [5.41, 5.74) is 1.55. The average molecular weight is 284 g/mol. The molecule has 2 aromatic carbocycles. The second-order valence-electron chi connectivity index (χ2n) is 4.49. The van der Waals surface area contributed by atoms with Crippen molar-refractivity contribution in [1.29, 1.82) is 0 Å². The highest BCUT2D eigenvalue weighted by Crippen LogP contribution is 2.26. The molecule has 0 saturated heterocycles. The zero-order valence-corrected chi connectivity index (χ0v) is 11.5. The third-order valence-corrected chi connectivity index (χ3v) is 4.13. The standard InChI is InChI=1S/C15H13BO3S/c17-16(18)12-6-7-15-14(8-12)11(10-20-15)9-19-13-4-2-1-3-5-13/h1-8,10,17-18H,9H2. The van der Waals surface area contributed by atoms with E-state index in [9.17, 15) is 10.0 Å². The lowest BCUT2D eigenvalue weighted by atomic mass is 9.80.